The molecular formula is C15H12BrClF2. The zero-order valence-corrected chi connectivity index (χ0v) is 12.8. The van der Waals surface area contributed by atoms with Crippen molar-refractivity contribution in [3.8, 4) is 0 Å². The number of halogens is 4. The molecule has 0 fully saturated rings. The molecule has 2 aromatic carbocycles. The van der Waals surface area contributed by atoms with E-state index in [2.05, 4.69) is 15.9 Å². The third-order valence-corrected chi connectivity index (χ3v) is 4.37. The first-order chi connectivity index (χ1) is 8.90. The lowest BCUT2D eigenvalue weighted by Gasteiger charge is -2.14. The lowest BCUT2D eigenvalue weighted by molar-refractivity contribution is 0.617. The van der Waals surface area contributed by atoms with E-state index in [4.69, 9.17) is 11.6 Å². The molecule has 19 heavy (non-hydrogen) atoms. The number of hydrogen-bond donors (Lipinski definition) is 0. The van der Waals surface area contributed by atoms with E-state index in [0.717, 1.165) is 11.1 Å². The molecule has 100 valence electrons. The molecule has 0 heterocycles. The first-order valence-corrected chi connectivity index (χ1v) is 7.05. The van der Waals surface area contributed by atoms with Gasteiger partial charge in [-0.2, -0.15) is 0 Å². The summed E-state index contributed by atoms with van der Waals surface area (Å²) in [6.45, 7) is 3.39. The van der Waals surface area contributed by atoms with Crippen molar-refractivity contribution in [2.75, 3.05) is 0 Å². The highest BCUT2D eigenvalue weighted by Crippen LogP contribution is 2.36. The second-order valence-corrected chi connectivity index (χ2v) is 5.82. The molecule has 1 atom stereocenters. The summed E-state index contributed by atoms with van der Waals surface area (Å²) in [4.78, 5) is -0.196. The molecule has 0 saturated carbocycles. The number of rotatable bonds is 2. The fraction of sp³-hybridized carbons (Fsp3) is 0.200. The van der Waals surface area contributed by atoms with Crippen LogP contribution in [0.15, 0.2) is 30.3 Å². The quantitative estimate of drug-likeness (QED) is 0.611. The SMILES string of the molecule is Cc1cc(C(Br)c2cc(C)c(F)cc2Cl)ccc1F. The van der Waals surface area contributed by atoms with E-state index < -0.39 is 0 Å². The van der Waals surface area contributed by atoms with Gasteiger partial charge in [0.05, 0.1) is 4.83 Å². The van der Waals surface area contributed by atoms with Gasteiger partial charge < -0.3 is 0 Å². The molecule has 0 aliphatic heterocycles. The van der Waals surface area contributed by atoms with Gasteiger partial charge in [0.25, 0.3) is 0 Å². The summed E-state index contributed by atoms with van der Waals surface area (Å²) in [6, 6.07) is 7.87. The standard InChI is InChI=1S/C15H12BrClF2/c1-8-5-10(3-4-13(8)18)15(16)11-6-9(2)14(19)7-12(11)17/h3-7,15H,1-2H3. The minimum atomic E-state index is -0.330. The van der Waals surface area contributed by atoms with E-state index in [-0.39, 0.29) is 16.5 Å². The second-order valence-electron chi connectivity index (χ2n) is 4.49. The van der Waals surface area contributed by atoms with Crippen LogP contribution in [-0.4, -0.2) is 0 Å². The summed E-state index contributed by atoms with van der Waals surface area (Å²) in [5.74, 6) is -0.575. The Balaban J connectivity index is 2.46. The van der Waals surface area contributed by atoms with Crippen molar-refractivity contribution in [2.24, 2.45) is 0 Å². The van der Waals surface area contributed by atoms with Gasteiger partial charge in [-0.25, -0.2) is 8.78 Å². The topological polar surface area (TPSA) is 0 Å². The van der Waals surface area contributed by atoms with Gasteiger partial charge in [-0.15, -0.1) is 0 Å². The minimum absolute atomic E-state index is 0.196. The van der Waals surface area contributed by atoms with Crippen LogP contribution in [0.3, 0.4) is 0 Å². The highest BCUT2D eigenvalue weighted by Gasteiger charge is 2.16. The molecule has 0 nitrogen and oxygen atoms in total. The Morgan fingerprint density at radius 3 is 2.26 bits per heavy atom. The van der Waals surface area contributed by atoms with Crippen LogP contribution in [-0.2, 0) is 0 Å². The van der Waals surface area contributed by atoms with Gasteiger partial charge in [0.2, 0.25) is 0 Å². The van der Waals surface area contributed by atoms with E-state index in [1.54, 1.807) is 32.0 Å². The fourth-order valence-electron chi connectivity index (χ4n) is 1.88. The molecule has 2 aromatic rings. The van der Waals surface area contributed by atoms with Gasteiger partial charge in [-0.1, -0.05) is 45.7 Å². The van der Waals surface area contributed by atoms with Crippen LogP contribution in [0, 0.1) is 25.5 Å². The third-order valence-electron chi connectivity index (χ3n) is 3.03. The fourth-order valence-corrected chi connectivity index (χ4v) is 2.93. The maximum Gasteiger partial charge on any atom is 0.127 e. The molecule has 0 N–H and O–H groups in total. The lowest BCUT2D eigenvalue weighted by Crippen LogP contribution is -1.98. The predicted molar refractivity (Wildman–Crippen MR) is 78.1 cm³/mol. The average Bonchev–Trinajstić information content (AvgIpc) is 2.36. The Hall–Kier alpha value is -0.930. The smallest absolute Gasteiger partial charge is 0.127 e. The molecule has 0 bridgehead atoms. The zero-order valence-electron chi connectivity index (χ0n) is 10.5. The normalized spacial score (nSPS) is 12.5. The van der Waals surface area contributed by atoms with Crippen LogP contribution in [0.5, 0.6) is 0 Å². The molecule has 4 heteroatoms. The molecule has 0 aromatic heterocycles. The highest BCUT2D eigenvalue weighted by molar-refractivity contribution is 9.09. The summed E-state index contributed by atoms with van der Waals surface area (Å²) in [6.07, 6.45) is 0. The molecule has 0 spiro atoms. The van der Waals surface area contributed by atoms with Crippen molar-refractivity contribution in [3.05, 3.63) is 69.2 Å². The molecular weight excluding hydrogens is 334 g/mol. The summed E-state index contributed by atoms with van der Waals surface area (Å²) in [7, 11) is 0. The first-order valence-electron chi connectivity index (χ1n) is 5.76. The van der Waals surface area contributed by atoms with Gasteiger partial charge in [0.1, 0.15) is 11.6 Å². The predicted octanol–water partition coefficient (Wildman–Crippen LogP) is 5.72. The number of alkyl halides is 1. The minimum Gasteiger partial charge on any atom is -0.207 e. The molecule has 1 unspecified atom stereocenters. The van der Waals surface area contributed by atoms with Crippen LogP contribution in [0.25, 0.3) is 0 Å². The Morgan fingerprint density at radius 2 is 1.63 bits per heavy atom. The first kappa shape index (κ1) is 14.5. The lowest BCUT2D eigenvalue weighted by atomic mass is 10.0. The van der Waals surface area contributed by atoms with E-state index in [0.29, 0.717) is 16.1 Å². The number of aryl methyl sites for hydroxylation is 2. The molecule has 0 aliphatic rings. The van der Waals surface area contributed by atoms with Crippen molar-refractivity contribution >= 4 is 27.5 Å². The van der Waals surface area contributed by atoms with E-state index in [9.17, 15) is 8.78 Å². The second kappa shape index (κ2) is 5.59. The van der Waals surface area contributed by atoms with Crippen LogP contribution in [0.4, 0.5) is 8.78 Å². The Bertz CT molecular complexity index is 626. The van der Waals surface area contributed by atoms with Crippen molar-refractivity contribution in [1.82, 2.24) is 0 Å². The monoisotopic (exact) mass is 344 g/mol. The summed E-state index contributed by atoms with van der Waals surface area (Å²) >= 11 is 9.61. The van der Waals surface area contributed by atoms with Crippen molar-refractivity contribution < 1.29 is 8.78 Å². The van der Waals surface area contributed by atoms with Gasteiger partial charge in [-0.3, -0.25) is 0 Å². The molecule has 0 aliphatic carbocycles. The van der Waals surface area contributed by atoms with Gasteiger partial charge in [0, 0.05) is 5.02 Å². The largest absolute Gasteiger partial charge is 0.207 e. The number of hydrogen-bond acceptors (Lipinski definition) is 0. The average molecular weight is 346 g/mol. The Kier molecular flexibility index (Phi) is 4.26. The maximum atomic E-state index is 13.4. The molecule has 0 saturated heterocycles. The van der Waals surface area contributed by atoms with E-state index in [1.807, 2.05) is 0 Å². The van der Waals surface area contributed by atoms with Crippen molar-refractivity contribution in [1.29, 1.82) is 0 Å². The van der Waals surface area contributed by atoms with E-state index in [1.165, 1.54) is 12.1 Å². The van der Waals surface area contributed by atoms with Crippen LogP contribution in [0.2, 0.25) is 5.02 Å². The Morgan fingerprint density at radius 1 is 1.00 bits per heavy atom. The van der Waals surface area contributed by atoms with Gasteiger partial charge in [-0.05, 0) is 48.2 Å². The summed E-state index contributed by atoms with van der Waals surface area (Å²) < 4.78 is 26.7. The van der Waals surface area contributed by atoms with Crippen LogP contribution < -0.4 is 0 Å². The number of benzene rings is 2. The van der Waals surface area contributed by atoms with Crippen LogP contribution in [0.1, 0.15) is 27.1 Å². The summed E-state index contributed by atoms with van der Waals surface area (Å²) in [5, 5.41) is 0.354. The van der Waals surface area contributed by atoms with Gasteiger partial charge in [0.15, 0.2) is 0 Å². The zero-order chi connectivity index (χ0) is 14.2. The van der Waals surface area contributed by atoms with E-state index >= 15 is 0 Å². The Labute approximate surface area is 124 Å². The third kappa shape index (κ3) is 2.98. The summed E-state index contributed by atoms with van der Waals surface area (Å²) in [5.41, 5.74) is 2.75. The van der Waals surface area contributed by atoms with Crippen LogP contribution >= 0.6 is 27.5 Å². The highest BCUT2D eigenvalue weighted by atomic mass is 79.9. The molecule has 0 radical (unpaired) electrons. The van der Waals surface area contributed by atoms with Gasteiger partial charge >= 0.3 is 0 Å². The van der Waals surface area contributed by atoms with Crippen molar-refractivity contribution in [2.45, 2.75) is 18.7 Å². The maximum absolute atomic E-state index is 13.4. The molecule has 2 rings (SSSR count). The molecule has 0 amide bonds. The van der Waals surface area contributed by atoms with Crippen molar-refractivity contribution in [3.63, 3.8) is 0 Å².